The maximum absolute atomic E-state index is 6.20. The van der Waals surface area contributed by atoms with E-state index in [0.717, 1.165) is 20.2 Å². The van der Waals surface area contributed by atoms with E-state index in [-0.39, 0.29) is 0 Å². The molecule has 5 heteroatoms. The molecule has 0 saturated heterocycles. The molecule has 0 radical (unpaired) electrons. The van der Waals surface area contributed by atoms with Crippen molar-refractivity contribution in [3.8, 4) is 17.5 Å². The molecule has 1 aromatic heterocycles. The third kappa shape index (κ3) is 4.99. The van der Waals surface area contributed by atoms with Gasteiger partial charge in [0.15, 0.2) is 8.32 Å². The molecule has 0 aliphatic heterocycles. The van der Waals surface area contributed by atoms with Gasteiger partial charge >= 0.3 is 0 Å². The molecular weight excluding hydrogens is 530 g/mol. The number of nitrogens with zero attached hydrogens (tertiary/aromatic N) is 1. The van der Waals surface area contributed by atoms with Crippen LogP contribution in [0, 0.1) is 11.8 Å². The lowest BCUT2D eigenvalue weighted by Gasteiger charge is -2.28. The molecule has 0 atom stereocenters. The Morgan fingerprint density at radius 3 is 1.81 bits per heavy atom. The molecule has 0 spiro atoms. The van der Waals surface area contributed by atoms with Crippen molar-refractivity contribution < 1.29 is 4.43 Å². The second kappa shape index (κ2) is 8.25. The summed E-state index contributed by atoms with van der Waals surface area (Å²) in [6.07, 6.45) is 0. The molecule has 2 nitrogen and oxygen atoms in total. The Balaban J connectivity index is 1.76. The van der Waals surface area contributed by atoms with Crippen molar-refractivity contribution >= 4 is 62.0 Å². The number of benzene rings is 3. The summed E-state index contributed by atoms with van der Waals surface area (Å²) in [4.78, 5) is 0. The summed E-state index contributed by atoms with van der Waals surface area (Å²) in [5.74, 6) is 6.60. The lowest BCUT2D eigenvalue weighted by molar-refractivity contribution is 0.164. The Kier molecular flexibility index (Phi) is 5.95. The van der Waals surface area contributed by atoms with Crippen LogP contribution in [0.1, 0.15) is 19.4 Å². The zero-order valence-electron chi connectivity index (χ0n) is 18.4. The van der Waals surface area contributed by atoms with E-state index in [0.29, 0.717) is 0 Å². The molecule has 0 saturated carbocycles. The number of rotatable bonds is 3. The number of halogens is 2. The standard InChI is InChI=1S/C26H25Br2NOSi/c1-26(2,30-31(3,4)5)15-14-18-6-10-21(11-7-18)29-24-12-8-19(27)16-22(24)23-17-20(28)9-13-25(23)29/h6-13,16-17H,1-5H3. The second-order valence-electron chi connectivity index (χ2n) is 9.18. The van der Waals surface area contributed by atoms with E-state index in [1.807, 2.05) is 13.8 Å². The lowest BCUT2D eigenvalue weighted by Crippen LogP contribution is -2.37. The van der Waals surface area contributed by atoms with Gasteiger partial charge in [-0.25, -0.2) is 0 Å². The summed E-state index contributed by atoms with van der Waals surface area (Å²) in [6, 6.07) is 21.3. The van der Waals surface area contributed by atoms with Crippen LogP contribution in [0.25, 0.3) is 27.5 Å². The Morgan fingerprint density at radius 1 is 0.806 bits per heavy atom. The van der Waals surface area contributed by atoms with E-state index in [2.05, 4.69) is 129 Å². The normalized spacial score (nSPS) is 12.2. The van der Waals surface area contributed by atoms with Gasteiger partial charge in [-0.2, -0.15) is 0 Å². The van der Waals surface area contributed by atoms with E-state index in [1.165, 1.54) is 21.8 Å². The summed E-state index contributed by atoms with van der Waals surface area (Å²) in [6.45, 7) is 10.7. The molecule has 1 heterocycles. The molecule has 0 aliphatic carbocycles. The van der Waals surface area contributed by atoms with E-state index in [9.17, 15) is 0 Å². The largest absolute Gasteiger partial charge is 0.402 e. The number of aromatic nitrogens is 1. The summed E-state index contributed by atoms with van der Waals surface area (Å²) >= 11 is 7.24. The van der Waals surface area contributed by atoms with Crippen molar-refractivity contribution in [3.05, 3.63) is 75.2 Å². The average Bonchev–Trinajstić information content (AvgIpc) is 2.98. The third-order valence-electron chi connectivity index (χ3n) is 4.88. The van der Waals surface area contributed by atoms with Crippen LogP contribution in [0.15, 0.2) is 69.6 Å². The molecule has 4 aromatic rings. The summed E-state index contributed by atoms with van der Waals surface area (Å²) in [5, 5.41) is 2.44. The highest BCUT2D eigenvalue weighted by Crippen LogP contribution is 2.35. The van der Waals surface area contributed by atoms with E-state index < -0.39 is 13.9 Å². The number of hydrogen-bond acceptors (Lipinski definition) is 1. The van der Waals surface area contributed by atoms with E-state index in [4.69, 9.17) is 4.43 Å². The SMILES string of the molecule is CC(C)(C#Cc1ccc(-n2c3ccc(Br)cc3c3cc(Br)ccc32)cc1)O[Si](C)(C)C. The van der Waals surface area contributed by atoms with Gasteiger partial charge in [-0.15, -0.1) is 0 Å². The van der Waals surface area contributed by atoms with E-state index in [1.54, 1.807) is 0 Å². The first-order valence-corrected chi connectivity index (χ1v) is 15.2. The molecule has 0 amide bonds. The van der Waals surface area contributed by atoms with Crippen LogP contribution in [-0.2, 0) is 4.43 Å². The zero-order valence-corrected chi connectivity index (χ0v) is 22.6. The van der Waals surface area contributed by atoms with E-state index >= 15 is 0 Å². The van der Waals surface area contributed by atoms with Crippen LogP contribution in [0.2, 0.25) is 19.6 Å². The molecule has 0 aliphatic rings. The molecule has 158 valence electrons. The van der Waals surface area contributed by atoms with Gasteiger partial charge in [0.05, 0.1) is 11.0 Å². The topological polar surface area (TPSA) is 14.2 Å². The maximum Gasteiger partial charge on any atom is 0.185 e. The highest BCUT2D eigenvalue weighted by atomic mass is 79.9. The molecule has 0 unspecified atom stereocenters. The van der Waals surface area contributed by atoms with Crippen molar-refractivity contribution in [2.45, 2.75) is 39.1 Å². The van der Waals surface area contributed by atoms with Gasteiger partial charge in [0, 0.05) is 31.0 Å². The summed E-state index contributed by atoms with van der Waals surface area (Å²) in [7, 11) is -1.65. The molecule has 3 aromatic carbocycles. The number of fused-ring (bicyclic) bond motifs is 3. The van der Waals surface area contributed by atoms with Crippen molar-refractivity contribution in [2.24, 2.45) is 0 Å². The first kappa shape index (κ1) is 22.4. The predicted octanol–water partition coefficient (Wildman–Crippen LogP) is 8.29. The van der Waals surface area contributed by atoms with Crippen LogP contribution in [0.5, 0.6) is 0 Å². The highest BCUT2D eigenvalue weighted by molar-refractivity contribution is 9.10. The Labute approximate surface area is 202 Å². The van der Waals surface area contributed by atoms with Crippen molar-refractivity contribution in [1.82, 2.24) is 4.57 Å². The molecule has 4 rings (SSSR count). The van der Waals surface area contributed by atoms with Crippen molar-refractivity contribution in [2.75, 3.05) is 0 Å². The molecular formula is C26H25Br2NOSi. The molecule has 31 heavy (non-hydrogen) atoms. The van der Waals surface area contributed by atoms with Crippen LogP contribution in [0.4, 0.5) is 0 Å². The average molecular weight is 555 g/mol. The van der Waals surface area contributed by atoms with Crippen LogP contribution in [-0.4, -0.2) is 18.5 Å². The Bertz CT molecular complexity index is 1280. The van der Waals surface area contributed by atoms with Crippen LogP contribution in [0.3, 0.4) is 0 Å². The minimum absolute atomic E-state index is 0.448. The molecule has 0 N–H and O–H groups in total. The minimum Gasteiger partial charge on any atom is -0.402 e. The lowest BCUT2D eigenvalue weighted by atomic mass is 10.1. The van der Waals surface area contributed by atoms with Crippen molar-refractivity contribution in [3.63, 3.8) is 0 Å². The molecule has 0 fully saturated rings. The Hall–Kier alpha value is -1.84. The molecule has 0 bridgehead atoms. The fourth-order valence-electron chi connectivity index (χ4n) is 3.95. The monoisotopic (exact) mass is 553 g/mol. The number of hydrogen-bond donors (Lipinski definition) is 0. The quantitative estimate of drug-likeness (QED) is 0.183. The minimum atomic E-state index is -1.65. The first-order valence-electron chi connectivity index (χ1n) is 10.3. The second-order valence-corrected chi connectivity index (χ2v) is 15.4. The smallest absolute Gasteiger partial charge is 0.185 e. The van der Waals surface area contributed by atoms with Gasteiger partial charge in [-0.05, 0) is 94.2 Å². The maximum atomic E-state index is 6.20. The fraction of sp³-hybridized carbons (Fsp3) is 0.231. The van der Waals surface area contributed by atoms with Gasteiger partial charge in [-0.3, -0.25) is 0 Å². The van der Waals surface area contributed by atoms with Gasteiger partial charge in [0.25, 0.3) is 0 Å². The van der Waals surface area contributed by atoms with Gasteiger partial charge in [-0.1, -0.05) is 43.7 Å². The Morgan fingerprint density at radius 2 is 1.32 bits per heavy atom. The van der Waals surface area contributed by atoms with Crippen LogP contribution >= 0.6 is 31.9 Å². The fourth-order valence-corrected chi connectivity index (χ4v) is 6.26. The van der Waals surface area contributed by atoms with Crippen LogP contribution < -0.4 is 0 Å². The zero-order chi connectivity index (χ0) is 22.4. The van der Waals surface area contributed by atoms with Crippen molar-refractivity contribution in [1.29, 1.82) is 0 Å². The van der Waals surface area contributed by atoms with Gasteiger partial charge in [0.2, 0.25) is 0 Å². The highest BCUT2D eigenvalue weighted by Gasteiger charge is 2.25. The first-order chi connectivity index (χ1) is 14.5. The van der Waals surface area contributed by atoms with Gasteiger partial charge in [0.1, 0.15) is 5.60 Å². The summed E-state index contributed by atoms with van der Waals surface area (Å²) < 4.78 is 10.7. The third-order valence-corrected chi connectivity index (χ3v) is 6.99. The predicted molar refractivity (Wildman–Crippen MR) is 142 cm³/mol. The van der Waals surface area contributed by atoms with Gasteiger partial charge < -0.3 is 8.99 Å². The summed E-state index contributed by atoms with van der Waals surface area (Å²) in [5.41, 5.74) is 4.02.